The van der Waals surface area contributed by atoms with Crippen molar-refractivity contribution in [3.05, 3.63) is 50.6 Å². The van der Waals surface area contributed by atoms with Crippen molar-refractivity contribution in [2.75, 3.05) is 14.2 Å². The summed E-state index contributed by atoms with van der Waals surface area (Å²) in [4.78, 5) is 12.4. The predicted octanol–water partition coefficient (Wildman–Crippen LogP) is 4.49. The Morgan fingerprint density at radius 1 is 1.04 bits per heavy atom. The molecule has 0 aliphatic rings. The predicted molar refractivity (Wildman–Crippen MR) is 92.7 cm³/mol. The fourth-order valence-corrected chi connectivity index (χ4v) is 2.92. The number of benzene rings is 2. The second kappa shape index (κ2) is 6.26. The zero-order chi connectivity index (χ0) is 17.4. The van der Waals surface area contributed by atoms with Crippen LogP contribution in [0, 0.1) is 0 Å². The van der Waals surface area contributed by atoms with Gasteiger partial charge in [-0.3, -0.25) is 4.79 Å². The molecule has 124 valence electrons. The summed E-state index contributed by atoms with van der Waals surface area (Å²) >= 11 is 12.0. The molecule has 2 aromatic carbocycles. The average molecular weight is 367 g/mol. The number of hydrogen-bond acceptors (Lipinski definition) is 5. The van der Waals surface area contributed by atoms with E-state index in [-0.39, 0.29) is 26.8 Å². The van der Waals surface area contributed by atoms with Crippen molar-refractivity contribution < 1.29 is 19.0 Å². The summed E-state index contributed by atoms with van der Waals surface area (Å²) in [7, 11) is 2.99. The zero-order valence-electron chi connectivity index (χ0n) is 12.7. The quantitative estimate of drug-likeness (QED) is 0.739. The Balaban J connectivity index is 2.31. The smallest absolute Gasteiger partial charge is 0.235 e. The molecule has 1 aromatic heterocycles. The SMILES string of the molecule is COc1ccc(-c2oc3c(Cl)cc(Cl)cc3c(=O)c2O)cc1OC. The molecule has 3 aromatic rings. The standard InChI is InChI=1S/C17H12Cl2O5/c1-22-12-4-3-8(5-13(12)23-2)16-15(21)14(20)10-6-9(18)7-11(19)17(10)24-16/h3-7,21H,1-2H3. The van der Waals surface area contributed by atoms with Gasteiger partial charge < -0.3 is 19.0 Å². The molecular weight excluding hydrogens is 355 g/mol. The van der Waals surface area contributed by atoms with Crippen LogP contribution in [-0.2, 0) is 0 Å². The second-order valence-corrected chi connectivity index (χ2v) is 5.79. The van der Waals surface area contributed by atoms with Crippen LogP contribution in [-0.4, -0.2) is 19.3 Å². The van der Waals surface area contributed by atoms with Crippen molar-refractivity contribution in [3.8, 4) is 28.6 Å². The molecule has 0 spiro atoms. The summed E-state index contributed by atoms with van der Waals surface area (Å²) in [6.45, 7) is 0. The van der Waals surface area contributed by atoms with E-state index >= 15 is 0 Å². The molecule has 7 heteroatoms. The van der Waals surface area contributed by atoms with Crippen molar-refractivity contribution in [1.29, 1.82) is 0 Å². The Morgan fingerprint density at radius 3 is 2.42 bits per heavy atom. The van der Waals surface area contributed by atoms with E-state index in [4.69, 9.17) is 37.1 Å². The minimum absolute atomic E-state index is 0.0160. The largest absolute Gasteiger partial charge is 0.502 e. The molecule has 0 aliphatic heterocycles. The van der Waals surface area contributed by atoms with Gasteiger partial charge in [0.05, 0.1) is 24.6 Å². The fourth-order valence-electron chi connectivity index (χ4n) is 2.39. The molecule has 3 rings (SSSR count). The first-order chi connectivity index (χ1) is 11.5. The van der Waals surface area contributed by atoms with E-state index in [0.29, 0.717) is 17.1 Å². The van der Waals surface area contributed by atoms with E-state index in [9.17, 15) is 9.90 Å². The molecule has 1 heterocycles. The van der Waals surface area contributed by atoms with Gasteiger partial charge >= 0.3 is 0 Å². The third-order valence-electron chi connectivity index (χ3n) is 3.53. The summed E-state index contributed by atoms with van der Waals surface area (Å²) in [5.41, 5.74) is -0.0331. The number of halogens is 2. The minimum Gasteiger partial charge on any atom is -0.502 e. The maximum atomic E-state index is 12.4. The van der Waals surface area contributed by atoms with E-state index in [1.165, 1.54) is 26.4 Å². The Hall–Kier alpha value is -2.37. The van der Waals surface area contributed by atoms with Crippen molar-refractivity contribution in [1.82, 2.24) is 0 Å². The third-order valence-corrected chi connectivity index (χ3v) is 4.03. The highest BCUT2D eigenvalue weighted by Gasteiger charge is 2.19. The van der Waals surface area contributed by atoms with Crippen LogP contribution in [0.3, 0.4) is 0 Å². The maximum absolute atomic E-state index is 12.4. The number of rotatable bonds is 3. The maximum Gasteiger partial charge on any atom is 0.235 e. The molecule has 0 bridgehead atoms. The number of ether oxygens (including phenoxy) is 2. The topological polar surface area (TPSA) is 68.9 Å². The van der Waals surface area contributed by atoms with Gasteiger partial charge in [0.1, 0.15) is 0 Å². The van der Waals surface area contributed by atoms with Gasteiger partial charge in [-0.05, 0) is 30.3 Å². The molecule has 0 saturated heterocycles. The van der Waals surface area contributed by atoms with E-state index in [1.807, 2.05) is 0 Å². The van der Waals surface area contributed by atoms with Crippen LogP contribution >= 0.6 is 23.2 Å². The lowest BCUT2D eigenvalue weighted by Gasteiger charge is -2.11. The molecule has 0 unspecified atom stereocenters. The molecule has 24 heavy (non-hydrogen) atoms. The Kier molecular flexibility index (Phi) is 4.30. The van der Waals surface area contributed by atoms with Crippen LogP contribution in [0.25, 0.3) is 22.3 Å². The van der Waals surface area contributed by atoms with E-state index in [0.717, 1.165) is 0 Å². The van der Waals surface area contributed by atoms with E-state index in [1.54, 1.807) is 18.2 Å². The van der Waals surface area contributed by atoms with Crippen LogP contribution in [0.1, 0.15) is 0 Å². The van der Waals surface area contributed by atoms with Crippen LogP contribution in [0.2, 0.25) is 10.0 Å². The zero-order valence-corrected chi connectivity index (χ0v) is 14.2. The first-order valence-corrected chi connectivity index (χ1v) is 7.59. The minimum atomic E-state index is -0.620. The van der Waals surface area contributed by atoms with Crippen LogP contribution in [0.4, 0.5) is 0 Å². The molecule has 1 N–H and O–H groups in total. The highest BCUT2D eigenvalue weighted by molar-refractivity contribution is 6.38. The van der Waals surface area contributed by atoms with Crippen LogP contribution in [0.5, 0.6) is 17.2 Å². The van der Waals surface area contributed by atoms with Gasteiger partial charge in [-0.25, -0.2) is 0 Å². The average Bonchev–Trinajstić information content (AvgIpc) is 2.58. The highest BCUT2D eigenvalue weighted by atomic mass is 35.5. The molecule has 0 fully saturated rings. The van der Waals surface area contributed by atoms with Gasteiger partial charge in [-0.15, -0.1) is 0 Å². The molecule has 0 atom stereocenters. The molecule has 0 saturated carbocycles. The van der Waals surface area contributed by atoms with Crippen molar-refractivity contribution in [3.63, 3.8) is 0 Å². The normalized spacial score (nSPS) is 10.8. The Labute approximate surface area is 146 Å². The lowest BCUT2D eigenvalue weighted by Crippen LogP contribution is -2.03. The first kappa shape index (κ1) is 16.5. The fraction of sp³-hybridized carbons (Fsp3) is 0.118. The lowest BCUT2D eigenvalue weighted by atomic mass is 10.1. The summed E-state index contributed by atoms with van der Waals surface area (Å²) in [5, 5.41) is 10.8. The second-order valence-electron chi connectivity index (χ2n) is 4.94. The molecular formula is C17H12Cl2O5. The lowest BCUT2D eigenvalue weighted by molar-refractivity contribution is 0.355. The Bertz CT molecular complexity index is 994. The molecule has 0 amide bonds. The van der Waals surface area contributed by atoms with Gasteiger partial charge in [-0.2, -0.15) is 0 Å². The summed E-state index contributed by atoms with van der Waals surface area (Å²) in [6.07, 6.45) is 0. The van der Waals surface area contributed by atoms with Gasteiger partial charge in [0, 0.05) is 10.6 Å². The Morgan fingerprint density at radius 2 is 1.75 bits per heavy atom. The van der Waals surface area contributed by atoms with Gasteiger partial charge in [0.15, 0.2) is 22.8 Å². The monoisotopic (exact) mass is 366 g/mol. The summed E-state index contributed by atoms with van der Waals surface area (Å²) in [6, 6.07) is 7.72. The van der Waals surface area contributed by atoms with Gasteiger partial charge in [0.2, 0.25) is 11.2 Å². The highest BCUT2D eigenvalue weighted by Crippen LogP contribution is 2.37. The van der Waals surface area contributed by atoms with Crippen molar-refractivity contribution in [2.45, 2.75) is 0 Å². The first-order valence-electron chi connectivity index (χ1n) is 6.83. The van der Waals surface area contributed by atoms with Crippen LogP contribution in [0.15, 0.2) is 39.5 Å². The van der Waals surface area contributed by atoms with Gasteiger partial charge in [-0.1, -0.05) is 23.2 Å². The van der Waals surface area contributed by atoms with Crippen LogP contribution < -0.4 is 14.9 Å². The third kappa shape index (κ3) is 2.66. The van der Waals surface area contributed by atoms with E-state index < -0.39 is 11.2 Å². The summed E-state index contributed by atoms with van der Waals surface area (Å²) in [5.74, 6) is 0.388. The number of hydrogen-bond donors (Lipinski definition) is 1. The van der Waals surface area contributed by atoms with Crippen molar-refractivity contribution >= 4 is 34.2 Å². The molecule has 5 nitrogen and oxygen atoms in total. The van der Waals surface area contributed by atoms with Crippen molar-refractivity contribution in [2.24, 2.45) is 0 Å². The van der Waals surface area contributed by atoms with Gasteiger partial charge in [0.25, 0.3) is 0 Å². The van der Waals surface area contributed by atoms with E-state index in [2.05, 4.69) is 0 Å². The molecule has 0 aliphatic carbocycles. The summed E-state index contributed by atoms with van der Waals surface area (Å²) < 4.78 is 16.1. The molecule has 0 radical (unpaired) electrons. The number of fused-ring (bicyclic) bond motifs is 1. The number of methoxy groups -OCH3 is 2. The number of aromatic hydroxyl groups is 1.